The fourth-order valence-corrected chi connectivity index (χ4v) is 3.12. The van der Waals surface area contributed by atoms with E-state index in [-0.39, 0.29) is 5.54 Å². The summed E-state index contributed by atoms with van der Waals surface area (Å²) < 4.78 is 0. The van der Waals surface area contributed by atoms with E-state index in [0.29, 0.717) is 18.4 Å². The van der Waals surface area contributed by atoms with E-state index < -0.39 is 0 Å². The van der Waals surface area contributed by atoms with Gasteiger partial charge in [-0.3, -0.25) is 0 Å². The van der Waals surface area contributed by atoms with Crippen molar-refractivity contribution >= 4 is 5.82 Å². The molecule has 0 aromatic carbocycles. The number of hydrogen-bond donors (Lipinski definition) is 2. The van der Waals surface area contributed by atoms with Crippen LogP contribution < -0.4 is 11.1 Å². The normalized spacial score (nSPS) is 26.8. The predicted molar refractivity (Wildman–Crippen MR) is 83.9 cm³/mol. The number of aryl methyl sites for hydroxylation is 1. The van der Waals surface area contributed by atoms with E-state index in [4.69, 9.17) is 5.73 Å². The van der Waals surface area contributed by atoms with Crippen molar-refractivity contribution in [3.05, 3.63) is 17.6 Å². The van der Waals surface area contributed by atoms with Crippen LogP contribution in [0.3, 0.4) is 0 Å². The van der Waals surface area contributed by atoms with Crippen molar-refractivity contribution in [1.82, 2.24) is 9.97 Å². The molecule has 1 aromatic heterocycles. The van der Waals surface area contributed by atoms with Crippen LogP contribution in [0.25, 0.3) is 0 Å². The number of rotatable bonds is 4. The van der Waals surface area contributed by atoms with Crippen LogP contribution in [0.2, 0.25) is 0 Å². The van der Waals surface area contributed by atoms with Gasteiger partial charge in [-0.2, -0.15) is 0 Å². The molecular formula is C16H28N4. The molecule has 2 rings (SSSR count). The zero-order valence-corrected chi connectivity index (χ0v) is 13.2. The van der Waals surface area contributed by atoms with E-state index in [1.807, 2.05) is 13.0 Å². The number of nitrogens with one attached hydrogen (secondary N) is 1. The summed E-state index contributed by atoms with van der Waals surface area (Å²) in [5.74, 6) is 2.76. The van der Waals surface area contributed by atoms with Crippen molar-refractivity contribution in [3.8, 4) is 0 Å². The fraction of sp³-hybridized carbons (Fsp3) is 0.750. The first-order valence-corrected chi connectivity index (χ1v) is 7.80. The minimum Gasteiger partial charge on any atom is -0.363 e. The summed E-state index contributed by atoms with van der Waals surface area (Å²) in [5, 5.41) is 3.65. The number of hydrogen-bond acceptors (Lipinski definition) is 4. The Morgan fingerprint density at radius 2 is 2.15 bits per heavy atom. The molecule has 2 atom stereocenters. The second kappa shape index (κ2) is 6.08. The lowest BCUT2D eigenvalue weighted by molar-refractivity contribution is 0.235. The summed E-state index contributed by atoms with van der Waals surface area (Å²) in [7, 11) is 0. The van der Waals surface area contributed by atoms with Crippen LogP contribution in [0.15, 0.2) is 6.07 Å². The minimum atomic E-state index is -0.00665. The van der Waals surface area contributed by atoms with Gasteiger partial charge in [0.2, 0.25) is 0 Å². The van der Waals surface area contributed by atoms with Crippen molar-refractivity contribution < 1.29 is 0 Å². The van der Waals surface area contributed by atoms with Crippen LogP contribution in [0.4, 0.5) is 5.82 Å². The van der Waals surface area contributed by atoms with Crippen LogP contribution in [0, 0.1) is 12.8 Å². The van der Waals surface area contributed by atoms with Crippen LogP contribution in [0.5, 0.6) is 0 Å². The van der Waals surface area contributed by atoms with Gasteiger partial charge in [0.15, 0.2) is 0 Å². The smallest absolute Gasteiger partial charge is 0.133 e. The molecule has 112 valence electrons. The van der Waals surface area contributed by atoms with Gasteiger partial charge in [0.25, 0.3) is 0 Å². The fourth-order valence-electron chi connectivity index (χ4n) is 3.12. The molecule has 2 unspecified atom stereocenters. The summed E-state index contributed by atoms with van der Waals surface area (Å²) >= 11 is 0. The van der Waals surface area contributed by atoms with Gasteiger partial charge in [0.1, 0.15) is 11.6 Å². The zero-order chi connectivity index (χ0) is 14.8. The van der Waals surface area contributed by atoms with Crippen LogP contribution in [-0.2, 0) is 0 Å². The van der Waals surface area contributed by atoms with Gasteiger partial charge in [-0.1, -0.05) is 33.6 Å². The molecule has 0 amide bonds. The highest BCUT2D eigenvalue weighted by Crippen LogP contribution is 2.35. The molecule has 20 heavy (non-hydrogen) atoms. The van der Waals surface area contributed by atoms with Gasteiger partial charge in [0.05, 0.1) is 5.54 Å². The largest absolute Gasteiger partial charge is 0.363 e. The molecule has 1 aliphatic carbocycles. The zero-order valence-electron chi connectivity index (χ0n) is 13.2. The molecule has 1 heterocycles. The van der Waals surface area contributed by atoms with E-state index in [2.05, 4.69) is 36.1 Å². The Morgan fingerprint density at radius 1 is 1.40 bits per heavy atom. The van der Waals surface area contributed by atoms with E-state index in [0.717, 1.165) is 23.8 Å². The van der Waals surface area contributed by atoms with Crippen molar-refractivity contribution in [2.75, 3.05) is 11.9 Å². The average Bonchev–Trinajstić information content (AvgIpc) is 2.41. The van der Waals surface area contributed by atoms with E-state index in [1.165, 1.54) is 19.3 Å². The Morgan fingerprint density at radius 3 is 2.75 bits per heavy atom. The summed E-state index contributed by atoms with van der Waals surface area (Å²) in [6, 6.07) is 2.03. The number of nitrogens with zero attached hydrogens (tertiary/aromatic N) is 2. The molecule has 1 fully saturated rings. The van der Waals surface area contributed by atoms with Gasteiger partial charge in [-0.15, -0.1) is 0 Å². The van der Waals surface area contributed by atoms with Crippen molar-refractivity contribution in [3.63, 3.8) is 0 Å². The van der Waals surface area contributed by atoms with Crippen LogP contribution in [-0.4, -0.2) is 22.1 Å². The molecule has 0 radical (unpaired) electrons. The third kappa shape index (κ3) is 3.11. The topological polar surface area (TPSA) is 63.8 Å². The maximum Gasteiger partial charge on any atom is 0.133 e. The average molecular weight is 276 g/mol. The molecule has 1 saturated carbocycles. The van der Waals surface area contributed by atoms with Gasteiger partial charge in [0, 0.05) is 24.2 Å². The molecule has 0 saturated heterocycles. The van der Waals surface area contributed by atoms with Crippen LogP contribution in [0.1, 0.15) is 63.9 Å². The monoisotopic (exact) mass is 276 g/mol. The molecule has 4 heteroatoms. The maximum atomic E-state index is 6.11. The molecule has 3 N–H and O–H groups in total. The first-order valence-electron chi connectivity index (χ1n) is 7.80. The summed E-state index contributed by atoms with van der Waals surface area (Å²) in [6.07, 6.45) is 4.93. The third-order valence-electron chi connectivity index (χ3n) is 4.58. The molecule has 1 aromatic rings. The quantitative estimate of drug-likeness (QED) is 0.886. The van der Waals surface area contributed by atoms with Gasteiger partial charge >= 0.3 is 0 Å². The highest BCUT2D eigenvalue weighted by atomic mass is 15.1. The van der Waals surface area contributed by atoms with E-state index in [9.17, 15) is 0 Å². The Balaban J connectivity index is 2.27. The Bertz CT molecular complexity index is 458. The Labute approximate surface area is 122 Å². The van der Waals surface area contributed by atoms with Gasteiger partial charge in [-0.25, -0.2) is 9.97 Å². The second-order valence-electron chi connectivity index (χ2n) is 6.54. The minimum absolute atomic E-state index is 0.00665. The van der Waals surface area contributed by atoms with Crippen molar-refractivity contribution in [2.24, 2.45) is 11.7 Å². The van der Waals surface area contributed by atoms with Crippen molar-refractivity contribution in [1.29, 1.82) is 0 Å². The lowest BCUT2D eigenvalue weighted by Crippen LogP contribution is -2.52. The Kier molecular flexibility index (Phi) is 4.63. The van der Waals surface area contributed by atoms with E-state index in [1.54, 1.807) is 0 Å². The number of nitrogens with two attached hydrogens (primary N) is 1. The molecule has 0 aliphatic heterocycles. The SMILES string of the molecule is Cc1cc(NC2(CN)CCCCC2C)nc(C(C)C)n1. The molecule has 0 spiro atoms. The number of anilines is 1. The highest BCUT2D eigenvalue weighted by molar-refractivity contribution is 5.40. The van der Waals surface area contributed by atoms with E-state index >= 15 is 0 Å². The third-order valence-corrected chi connectivity index (χ3v) is 4.58. The molecular weight excluding hydrogens is 248 g/mol. The summed E-state index contributed by atoms with van der Waals surface area (Å²) in [5.41, 5.74) is 7.12. The molecule has 0 bridgehead atoms. The highest BCUT2D eigenvalue weighted by Gasteiger charge is 2.37. The lowest BCUT2D eigenvalue weighted by atomic mass is 9.73. The maximum absolute atomic E-state index is 6.11. The van der Waals surface area contributed by atoms with Crippen molar-refractivity contribution in [2.45, 2.75) is 64.8 Å². The van der Waals surface area contributed by atoms with Gasteiger partial charge in [-0.05, 0) is 25.7 Å². The first-order chi connectivity index (χ1) is 9.47. The number of aromatic nitrogens is 2. The molecule has 1 aliphatic rings. The summed E-state index contributed by atoms with van der Waals surface area (Å²) in [6.45, 7) is 9.24. The lowest BCUT2D eigenvalue weighted by Gasteiger charge is -2.43. The van der Waals surface area contributed by atoms with Gasteiger partial charge < -0.3 is 11.1 Å². The summed E-state index contributed by atoms with van der Waals surface area (Å²) in [4.78, 5) is 9.19. The molecule has 4 nitrogen and oxygen atoms in total. The Hall–Kier alpha value is -1.16. The second-order valence-corrected chi connectivity index (χ2v) is 6.54. The predicted octanol–water partition coefficient (Wildman–Crippen LogP) is 3.23. The standard InChI is InChI=1S/C16H28N4/c1-11(2)15-18-13(4)9-14(19-15)20-16(10-17)8-6-5-7-12(16)3/h9,11-12H,5-8,10,17H2,1-4H3,(H,18,19,20). The van der Waals surface area contributed by atoms with Crippen LogP contribution >= 0.6 is 0 Å². The first kappa shape index (κ1) is 15.2.